The van der Waals surface area contributed by atoms with Crippen LogP contribution < -0.4 is 9.47 Å². The normalized spacial score (nSPS) is 21.6. The second-order valence-corrected chi connectivity index (χ2v) is 7.49. The largest absolute Gasteiger partial charge is 0.489 e. The van der Waals surface area contributed by atoms with Crippen molar-refractivity contribution in [2.24, 2.45) is 11.3 Å². The van der Waals surface area contributed by atoms with E-state index >= 15 is 0 Å². The number of ether oxygens (including phenoxy) is 2. The van der Waals surface area contributed by atoms with E-state index in [1.165, 1.54) is 18.4 Å². The molecule has 0 saturated heterocycles. The zero-order valence-electron chi connectivity index (χ0n) is 13.2. The Labute approximate surface area is 132 Å². The van der Waals surface area contributed by atoms with E-state index in [9.17, 15) is 0 Å². The summed E-state index contributed by atoms with van der Waals surface area (Å²) >= 11 is 6.36. The van der Waals surface area contributed by atoms with Crippen LogP contribution in [0, 0.1) is 11.3 Å². The fourth-order valence-corrected chi connectivity index (χ4v) is 3.29. The molecule has 21 heavy (non-hydrogen) atoms. The van der Waals surface area contributed by atoms with E-state index in [4.69, 9.17) is 21.1 Å². The van der Waals surface area contributed by atoms with Crippen LogP contribution in [0.1, 0.15) is 57.9 Å². The molecule has 1 aliphatic carbocycles. The lowest BCUT2D eigenvalue weighted by molar-refractivity contribution is 0.176. The molecule has 0 unspecified atom stereocenters. The van der Waals surface area contributed by atoms with Crippen molar-refractivity contribution in [3.8, 4) is 11.5 Å². The molecule has 1 heterocycles. The lowest BCUT2D eigenvalue weighted by Crippen LogP contribution is -2.27. The summed E-state index contributed by atoms with van der Waals surface area (Å²) in [5.74, 6) is 2.87. The minimum atomic E-state index is 0.264. The Kier molecular flexibility index (Phi) is 4.09. The average Bonchev–Trinajstić information content (AvgIpc) is 3.29. The van der Waals surface area contributed by atoms with E-state index in [0.717, 1.165) is 37.6 Å². The average molecular weight is 309 g/mol. The molecule has 3 rings (SSSR count). The standard InChI is InChI=1S/C18H25ClO2/c1-4-18(2,3)14-9-10-20-16-13(14)7-8-15(19)17(16)21-11-12-5-6-12/h7-8,12,14H,4-6,9-11H2,1-3H3/t14-/m1/s1. The predicted octanol–water partition coefficient (Wildman–Crippen LogP) is 5.43. The highest BCUT2D eigenvalue weighted by Crippen LogP contribution is 2.51. The molecule has 0 aromatic heterocycles. The van der Waals surface area contributed by atoms with Gasteiger partial charge in [-0.2, -0.15) is 0 Å². The van der Waals surface area contributed by atoms with Crippen LogP contribution in [0.3, 0.4) is 0 Å². The summed E-state index contributed by atoms with van der Waals surface area (Å²) in [5.41, 5.74) is 1.53. The van der Waals surface area contributed by atoms with Crippen LogP contribution in [0.25, 0.3) is 0 Å². The van der Waals surface area contributed by atoms with Crippen LogP contribution in [0.2, 0.25) is 5.02 Å². The van der Waals surface area contributed by atoms with Crippen molar-refractivity contribution in [2.45, 2.75) is 52.4 Å². The molecule has 0 bridgehead atoms. The predicted molar refractivity (Wildman–Crippen MR) is 86.6 cm³/mol. The smallest absolute Gasteiger partial charge is 0.180 e. The quantitative estimate of drug-likeness (QED) is 0.722. The molecule has 2 nitrogen and oxygen atoms in total. The second-order valence-electron chi connectivity index (χ2n) is 7.08. The van der Waals surface area contributed by atoms with Crippen LogP contribution in [0.15, 0.2) is 12.1 Å². The molecule has 1 saturated carbocycles. The van der Waals surface area contributed by atoms with Crippen molar-refractivity contribution in [1.29, 1.82) is 0 Å². The van der Waals surface area contributed by atoms with Crippen molar-refractivity contribution >= 4 is 11.6 Å². The highest BCUT2D eigenvalue weighted by molar-refractivity contribution is 6.32. The Balaban J connectivity index is 1.93. The summed E-state index contributed by atoms with van der Waals surface area (Å²) in [6, 6.07) is 4.10. The maximum Gasteiger partial charge on any atom is 0.180 e. The summed E-state index contributed by atoms with van der Waals surface area (Å²) in [7, 11) is 0. The maximum absolute atomic E-state index is 6.36. The van der Waals surface area contributed by atoms with Crippen LogP contribution >= 0.6 is 11.6 Å². The molecule has 0 amide bonds. The molecule has 2 aliphatic rings. The molecule has 1 aromatic rings. The van der Waals surface area contributed by atoms with Crippen molar-refractivity contribution in [2.75, 3.05) is 13.2 Å². The van der Waals surface area contributed by atoms with Crippen LogP contribution in [0.5, 0.6) is 11.5 Å². The van der Waals surface area contributed by atoms with Crippen molar-refractivity contribution in [1.82, 2.24) is 0 Å². The number of halogens is 1. The fourth-order valence-electron chi connectivity index (χ4n) is 3.09. The first-order valence-corrected chi connectivity index (χ1v) is 8.48. The molecule has 1 aromatic carbocycles. The number of rotatable bonds is 5. The highest BCUT2D eigenvalue weighted by Gasteiger charge is 2.35. The maximum atomic E-state index is 6.36. The summed E-state index contributed by atoms with van der Waals surface area (Å²) < 4.78 is 11.9. The summed E-state index contributed by atoms with van der Waals surface area (Å²) in [5, 5.41) is 0.671. The van der Waals surface area contributed by atoms with Gasteiger partial charge in [-0.25, -0.2) is 0 Å². The Hall–Kier alpha value is -0.890. The van der Waals surface area contributed by atoms with Crippen LogP contribution in [-0.4, -0.2) is 13.2 Å². The second kappa shape index (κ2) is 5.72. The number of hydrogen-bond acceptors (Lipinski definition) is 2. The molecular formula is C18H25ClO2. The Morgan fingerprint density at radius 1 is 1.29 bits per heavy atom. The number of benzene rings is 1. The van der Waals surface area contributed by atoms with E-state index in [0.29, 0.717) is 16.9 Å². The van der Waals surface area contributed by atoms with Gasteiger partial charge in [0.1, 0.15) is 0 Å². The molecule has 1 aliphatic heterocycles. The third-order valence-electron chi connectivity index (χ3n) is 5.14. The molecule has 1 atom stereocenters. The van der Waals surface area contributed by atoms with Gasteiger partial charge in [0.05, 0.1) is 18.2 Å². The van der Waals surface area contributed by atoms with Gasteiger partial charge in [0.2, 0.25) is 0 Å². The first kappa shape index (κ1) is 15.0. The van der Waals surface area contributed by atoms with Gasteiger partial charge in [0.25, 0.3) is 0 Å². The van der Waals surface area contributed by atoms with Crippen LogP contribution in [0.4, 0.5) is 0 Å². The Morgan fingerprint density at radius 3 is 2.71 bits per heavy atom. The van der Waals surface area contributed by atoms with Gasteiger partial charge in [-0.1, -0.05) is 44.9 Å². The van der Waals surface area contributed by atoms with Gasteiger partial charge in [-0.3, -0.25) is 0 Å². The minimum absolute atomic E-state index is 0.264. The van der Waals surface area contributed by atoms with Crippen molar-refractivity contribution in [3.63, 3.8) is 0 Å². The minimum Gasteiger partial charge on any atom is -0.489 e. The van der Waals surface area contributed by atoms with Gasteiger partial charge < -0.3 is 9.47 Å². The van der Waals surface area contributed by atoms with Crippen LogP contribution in [-0.2, 0) is 0 Å². The highest BCUT2D eigenvalue weighted by atomic mass is 35.5. The molecule has 0 N–H and O–H groups in total. The third kappa shape index (κ3) is 3.01. The molecular weight excluding hydrogens is 284 g/mol. The third-order valence-corrected chi connectivity index (χ3v) is 5.44. The van der Waals surface area contributed by atoms with E-state index in [1.54, 1.807) is 0 Å². The van der Waals surface area contributed by atoms with E-state index in [1.807, 2.05) is 6.07 Å². The Bertz CT molecular complexity index is 520. The van der Waals surface area contributed by atoms with Gasteiger partial charge in [0, 0.05) is 5.56 Å². The van der Waals surface area contributed by atoms with Crippen molar-refractivity contribution in [3.05, 3.63) is 22.7 Å². The lowest BCUT2D eigenvalue weighted by Gasteiger charge is -2.38. The van der Waals surface area contributed by atoms with E-state index < -0.39 is 0 Å². The summed E-state index contributed by atoms with van der Waals surface area (Å²) in [6.07, 6.45) is 4.77. The zero-order valence-corrected chi connectivity index (χ0v) is 14.0. The molecule has 116 valence electrons. The van der Waals surface area contributed by atoms with E-state index in [2.05, 4.69) is 26.8 Å². The molecule has 1 fully saturated rings. The molecule has 3 heteroatoms. The van der Waals surface area contributed by atoms with Gasteiger partial charge in [-0.15, -0.1) is 0 Å². The molecule has 0 radical (unpaired) electrons. The SMILES string of the molecule is CCC(C)(C)[C@@H]1CCOc2c1ccc(Cl)c2OCC1CC1. The van der Waals surface area contributed by atoms with Crippen molar-refractivity contribution < 1.29 is 9.47 Å². The summed E-state index contributed by atoms with van der Waals surface area (Å²) in [4.78, 5) is 0. The lowest BCUT2D eigenvalue weighted by atomic mass is 9.70. The van der Waals surface area contributed by atoms with Gasteiger partial charge >= 0.3 is 0 Å². The first-order valence-electron chi connectivity index (χ1n) is 8.11. The van der Waals surface area contributed by atoms with Gasteiger partial charge in [-0.05, 0) is 42.6 Å². The monoisotopic (exact) mass is 308 g/mol. The zero-order chi connectivity index (χ0) is 15.0. The first-order chi connectivity index (χ1) is 10.0. The fraction of sp³-hybridized carbons (Fsp3) is 0.667. The topological polar surface area (TPSA) is 18.5 Å². The molecule has 0 spiro atoms. The number of fused-ring (bicyclic) bond motifs is 1. The Morgan fingerprint density at radius 2 is 2.05 bits per heavy atom. The summed E-state index contributed by atoms with van der Waals surface area (Å²) in [6.45, 7) is 8.45. The number of hydrogen-bond donors (Lipinski definition) is 0. The van der Waals surface area contributed by atoms with E-state index in [-0.39, 0.29) is 5.41 Å². The van der Waals surface area contributed by atoms with Gasteiger partial charge in [0.15, 0.2) is 11.5 Å².